The number of fused-ring (bicyclic) bond motifs is 8. The van der Waals surface area contributed by atoms with E-state index in [4.69, 9.17) is 0 Å². The van der Waals surface area contributed by atoms with E-state index in [1.807, 2.05) is 24.3 Å². The summed E-state index contributed by atoms with van der Waals surface area (Å²) in [5.74, 6) is 1.54. The van der Waals surface area contributed by atoms with Gasteiger partial charge in [0, 0.05) is 175 Å². The van der Waals surface area contributed by atoms with Gasteiger partial charge >= 0.3 is 0 Å². The molecule has 2 aliphatic rings. The Morgan fingerprint density at radius 3 is 0.674 bits per heavy atom. The van der Waals surface area contributed by atoms with E-state index in [0.29, 0.717) is 102 Å². The van der Waals surface area contributed by atoms with E-state index >= 15 is 0 Å². The summed E-state index contributed by atoms with van der Waals surface area (Å²) in [5, 5.41) is 60.8. The summed E-state index contributed by atoms with van der Waals surface area (Å²) >= 11 is 0. The van der Waals surface area contributed by atoms with E-state index in [-0.39, 0.29) is 43.3 Å². The van der Waals surface area contributed by atoms with Crippen LogP contribution < -0.4 is 21.3 Å². The summed E-state index contributed by atoms with van der Waals surface area (Å²) in [6, 6.07) is 17.4. The van der Waals surface area contributed by atoms with Crippen molar-refractivity contribution < 1.29 is 20.4 Å². The smallest absolute Gasteiger partial charge is 0.124 e. The largest absolute Gasteiger partial charge is 0.507 e. The van der Waals surface area contributed by atoms with E-state index in [9.17, 15) is 20.4 Å². The Morgan fingerprint density at radius 1 is 0.326 bits per heavy atom. The van der Waals surface area contributed by atoms with Crippen molar-refractivity contribution in [2.75, 3.05) is 78.5 Å². The fourth-order valence-corrected chi connectivity index (χ4v) is 13.0. The molecule has 0 spiro atoms. The van der Waals surface area contributed by atoms with E-state index in [1.165, 1.54) is 22.3 Å². The minimum absolute atomic E-state index is 0.00830. The van der Waals surface area contributed by atoms with Crippen LogP contribution in [0.15, 0.2) is 99.2 Å². The van der Waals surface area contributed by atoms with Gasteiger partial charge in [0.25, 0.3) is 0 Å². The zero-order chi connectivity index (χ0) is 69.0. The van der Waals surface area contributed by atoms with Crippen molar-refractivity contribution in [3.63, 3.8) is 0 Å². The van der Waals surface area contributed by atoms with Gasteiger partial charge in [-0.3, -0.25) is 19.6 Å². The van der Waals surface area contributed by atoms with E-state index in [1.54, 1.807) is 0 Å². The highest BCUT2D eigenvalue weighted by Gasteiger charge is 2.32. The van der Waals surface area contributed by atoms with Crippen molar-refractivity contribution in [2.24, 2.45) is 21.7 Å². The van der Waals surface area contributed by atoms with E-state index in [0.717, 1.165) is 96.9 Å². The van der Waals surface area contributed by atoms with Crippen LogP contribution in [0.1, 0.15) is 205 Å². The Hall–Kier alpha value is -5.28. The van der Waals surface area contributed by atoms with E-state index in [2.05, 4.69) is 254 Å². The molecule has 8 bridgehead atoms. The van der Waals surface area contributed by atoms with E-state index < -0.39 is 0 Å². The normalized spacial score (nSPS) is 19.3. The van der Waals surface area contributed by atoms with Crippen LogP contribution >= 0.6 is 0 Å². The lowest BCUT2D eigenvalue weighted by Gasteiger charge is -2.38. The Morgan fingerprint density at radius 2 is 0.500 bits per heavy atom. The molecule has 6 rings (SSSR count). The molecule has 8 N–H and O–H groups in total. The van der Waals surface area contributed by atoms with Gasteiger partial charge in [0.2, 0.25) is 0 Å². The summed E-state index contributed by atoms with van der Waals surface area (Å²) in [4.78, 5) is 9.60. The first kappa shape index (κ1) is 77.4. The molecule has 4 aromatic rings. The average Bonchev–Trinajstić information content (AvgIpc) is 0.832. The zero-order valence-corrected chi connectivity index (χ0v) is 61.5. The van der Waals surface area contributed by atoms with Gasteiger partial charge in [-0.2, -0.15) is 0 Å². The van der Waals surface area contributed by atoms with Gasteiger partial charge < -0.3 is 41.7 Å². The lowest BCUT2D eigenvalue weighted by Crippen LogP contribution is -2.43. The van der Waals surface area contributed by atoms with Crippen molar-refractivity contribution in [2.45, 2.75) is 212 Å². The highest BCUT2D eigenvalue weighted by molar-refractivity contribution is 5.49. The van der Waals surface area contributed by atoms with Crippen molar-refractivity contribution in [1.29, 1.82) is 0 Å². The van der Waals surface area contributed by atoms with Gasteiger partial charge in [0.1, 0.15) is 23.0 Å². The zero-order valence-electron chi connectivity index (χ0n) is 61.5. The number of nitrogens with one attached hydrogen (secondary N) is 4. The third-order valence-corrected chi connectivity index (χ3v) is 17.9. The Labute approximate surface area is 560 Å². The van der Waals surface area contributed by atoms with Crippen molar-refractivity contribution in [3.8, 4) is 23.0 Å². The van der Waals surface area contributed by atoms with Gasteiger partial charge in [0.15, 0.2) is 0 Å². The topological polar surface area (TPSA) is 142 Å². The second-order valence-electron chi connectivity index (χ2n) is 34.5. The van der Waals surface area contributed by atoms with Crippen LogP contribution in [0.2, 0.25) is 0 Å². The maximum atomic E-state index is 12.0. The lowest BCUT2D eigenvalue weighted by molar-refractivity contribution is 0.121. The molecule has 0 saturated heterocycles. The molecule has 0 aliphatic carbocycles. The molecule has 0 fully saturated rings. The first-order valence-electron chi connectivity index (χ1n) is 34.1. The van der Waals surface area contributed by atoms with Crippen LogP contribution in [0.5, 0.6) is 23.0 Å². The molecule has 0 aromatic heterocycles. The highest BCUT2D eigenvalue weighted by atomic mass is 16.3. The predicted molar refractivity (Wildman–Crippen MR) is 391 cm³/mol. The second kappa shape index (κ2) is 32.0. The maximum Gasteiger partial charge on any atom is 0.124 e. The molecule has 0 radical (unpaired) electrons. The Balaban J connectivity index is 0.000000345. The van der Waals surface area contributed by atoms with Crippen molar-refractivity contribution >= 4 is 0 Å². The average molecular weight is 1270 g/mol. The molecular weight excluding hydrogens is 1140 g/mol. The Bertz CT molecular complexity index is 2740. The van der Waals surface area contributed by atoms with Gasteiger partial charge in [-0.05, 0) is 65.6 Å². The molecule has 0 atom stereocenters. The molecule has 0 amide bonds. The molecule has 12 heteroatoms. The third kappa shape index (κ3) is 23.6. The molecular formula is C80H128N8O4. The number of aromatic hydroxyl groups is 4. The minimum atomic E-state index is -0.125. The van der Waals surface area contributed by atoms with Crippen LogP contribution in [-0.4, -0.2) is 119 Å². The molecule has 4 aromatic carbocycles. The highest BCUT2D eigenvalue weighted by Crippen LogP contribution is 2.39. The summed E-state index contributed by atoms with van der Waals surface area (Å²) in [6.45, 7) is 75.5. The second-order valence-corrected chi connectivity index (χ2v) is 34.5. The first-order chi connectivity index (χ1) is 42.5. The standard InChI is InChI=1S/C46H72N4O2.C34H56N4O2/c1-15-19-47-27-35-23-39(43(5,6)7)24-36(41(35)51)28-49(21-17-3)33-46(13,14)34-50(22-18-4)30-38-26-40(44(8,9)10)25-37(42(38)52)29-48(20-16-2)32-45(11,12)31-47;1-31(2,3)27-11-23-15-35-19-33(7,8)21-37-17-25-13-28(32(4,5)6)14-26(30(25)40)18-38-22-34(9,10)20-36-16-24(12-27)29(23)39/h15-18,23-26,51-52H,1-4,19-22,27-34H2,5-14H3;11-14,35-40H,15-22H2,1-10H3. The monoisotopic (exact) mass is 1270 g/mol. The number of nitrogens with zero attached hydrogens (tertiary/aromatic N) is 4. The molecule has 0 unspecified atom stereocenters. The summed E-state index contributed by atoms with van der Waals surface area (Å²) in [6.07, 6.45) is 7.84. The number of rotatable bonds is 8. The molecule has 0 saturated carbocycles. The van der Waals surface area contributed by atoms with Gasteiger partial charge in [-0.15, -0.1) is 26.3 Å². The lowest BCUT2D eigenvalue weighted by atomic mass is 9.84. The third-order valence-electron chi connectivity index (χ3n) is 17.9. The molecule has 92 heavy (non-hydrogen) atoms. The van der Waals surface area contributed by atoms with Crippen LogP contribution in [0.4, 0.5) is 0 Å². The van der Waals surface area contributed by atoms with Crippen molar-refractivity contribution in [1.82, 2.24) is 40.9 Å². The molecule has 2 aliphatic heterocycles. The quantitative estimate of drug-likeness (QED) is 0.0796. The van der Waals surface area contributed by atoms with Gasteiger partial charge in [0.05, 0.1) is 0 Å². The van der Waals surface area contributed by atoms with Gasteiger partial charge in [-0.1, -0.05) is 211 Å². The predicted octanol–water partition coefficient (Wildman–Crippen LogP) is 15.2. The fraction of sp³-hybridized carbons (Fsp3) is 0.600. The van der Waals surface area contributed by atoms with Crippen LogP contribution in [0, 0.1) is 21.7 Å². The Kier molecular flexibility index (Phi) is 26.9. The number of hydrogen-bond donors (Lipinski definition) is 8. The number of hydrogen-bond acceptors (Lipinski definition) is 12. The molecule has 12 nitrogen and oxygen atoms in total. The maximum absolute atomic E-state index is 12.0. The van der Waals surface area contributed by atoms with Crippen LogP contribution in [0.25, 0.3) is 0 Å². The van der Waals surface area contributed by atoms with Crippen LogP contribution in [-0.2, 0) is 74.0 Å². The minimum Gasteiger partial charge on any atom is -0.507 e. The number of phenolic OH excluding ortho intramolecular Hbond substituents is 4. The van der Waals surface area contributed by atoms with Gasteiger partial charge in [-0.25, -0.2) is 0 Å². The summed E-state index contributed by atoms with van der Waals surface area (Å²) < 4.78 is 0. The van der Waals surface area contributed by atoms with Crippen LogP contribution in [0.3, 0.4) is 0 Å². The molecule has 2 heterocycles. The summed E-state index contributed by atoms with van der Waals surface area (Å²) in [5.41, 5.74) is 12.0. The molecule has 512 valence electrons. The summed E-state index contributed by atoms with van der Waals surface area (Å²) in [7, 11) is 0. The number of benzene rings is 4. The van der Waals surface area contributed by atoms with Crippen molar-refractivity contribution in [3.05, 3.63) is 166 Å². The fourth-order valence-electron chi connectivity index (χ4n) is 13.0. The SMILES string of the molecule is C=CCN1Cc2cc(C(C)(C)C)cc(c2O)CN(CC=C)CC(C)(C)CN(CC=C)Cc2cc(C(C)(C)C)cc(c2O)CN(CC=C)CC(C)(C)C1.CC1(C)CNCc2cc(C(C)(C)C)cc(c2O)CNCC(C)(C)CNCc2cc(C(C)(C)C)cc(c2O)CNC1. The first-order valence-corrected chi connectivity index (χ1v) is 34.1. The number of phenols is 4.